The van der Waals surface area contributed by atoms with Gasteiger partial charge in [-0.25, -0.2) is 4.79 Å². The summed E-state index contributed by atoms with van der Waals surface area (Å²) >= 11 is 0. The smallest absolute Gasteiger partial charge is 0.326 e. The Balaban J connectivity index is 1.55. The first-order valence-corrected chi connectivity index (χ1v) is 11.9. The molecule has 206 valence electrons. The zero-order valence-electron chi connectivity index (χ0n) is 20.7. The average Bonchev–Trinajstić information content (AvgIpc) is 3.30. The van der Waals surface area contributed by atoms with Crippen molar-refractivity contribution in [2.24, 2.45) is 5.73 Å². The molecule has 1 heterocycles. The topological polar surface area (TPSA) is 224 Å². The molecular formula is C26H29N5O8. The maximum Gasteiger partial charge on any atom is 0.326 e. The molecule has 0 aliphatic rings. The molecule has 3 unspecified atom stereocenters. The Labute approximate surface area is 222 Å². The number of aromatic nitrogens is 1. The molecule has 0 saturated heterocycles. The number of carboxylic acid groups (broad SMARTS) is 2. The summed E-state index contributed by atoms with van der Waals surface area (Å²) in [6, 6.07) is 9.22. The van der Waals surface area contributed by atoms with E-state index >= 15 is 0 Å². The van der Waals surface area contributed by atoms with Gasteiger partial charge in [-0.3, -0.25) is 19.2 Å². The van der Waals surface area contributed by atoms with Crippen LogP contribution in [0.25, 0.3) is 10.9 Å². The van der Waals surface area contributed by atoms with Gasteiger partial charge in [0.25, 0.3) is 0 Å². The molecule has 0 aliphatic carbocycles. The van der Waals surface area contributed by atoms with Crippen LogP contribution in [0.5, 0.6) is 5.75 Å². The zero-order chi connectivity index (χ0) is 28.5. The molecule has 3 rings (SSSR count). The van der Waals surface area contributed by atoms with Gasteiger partial charge in [0.05, 0.1) is 19.0 Å². The molecule has 0 spiro atoms. The van der Waals surface area contributed by atoms with Gasteiger partial charge in [-0.2, -0.15) is 0 Å². The maximum atomic E-state index is 12.7. The van der Waals surface area contributed by atoms with Gasteiger partial charge in [-0.1, -0.05) is 30.3 Å². The first-order chi connectivity index (χ1) is 18.5. The third-order valence-electron chi connectivity index (χ3n) is 5.90. The number of hydrogen-bond acceptors (Lipinski definition) is 7. The average molecular weight is 540 g/mol. The highest BCUT2D eigenvalue weighted by Gasteiger charge is 2.27. The number of rotatable bonds is 13. The van der Waals surface area contributed by atoms with Crippen LogP contribution in [-0.4, -0.2) is 74.6 Å². The van der Waals surface area contributed by atoms with E-state index in [9.17, 15) is 39.3 Å². The van der Waals surface area contributed by atoms with E-state index in [1.165, 1.54) is 24.3 Å². The Morgan fingerprint density at radius 3 is 2.23 bits per heavy atom. The fourth-order valence-corrected chi connectivity index (χ4v) is 3.90. The number of aromatic hydroxyl groups is 1. The van der Waals surface area contributed by atoms with E-state index in [1.807, 2.05) is 24.3 Å². The standard InChI is InChI=1S/C26H29N5O8/c27-18(10-15-12-28-19-4-2-1-3-17(15)19)24(36)31-20(11-23(34)35)25(37)29-13-22(33)30-21(26(38)39)9-14-5-7-16(32)8-6-14/h1-8,12,18,20-21,28,32H,9-11,13,27H2,(H,29,37)(H,30,33)(H,31,36)(H,34,35)(H,38,39). The number of phenols is 1. The van der Waals surface area contributed by atoms with Gasteiger partial charge < -0.3 is 42.0 Å². The number of H-pyrrole nitrogens is 1. The lowest BCUT2D eigenvalue weighted by Gasteiger charge is -2.20. The van der Waals surface area contributed by atoms with Crippen molar-refractivity contribution in [1.29, 1.82) is 0 Å². The molecule has 0 radical (unpaired) electrons. The van der Waals surface area contributed by atoms with Gasteiger partial charge in [0.15, 0.2) is 0 Å². The van der Waals surface area contributed by atoms with Crippen LogP contribution >= 0.6 is 0 Å². The van der Waals surface area contributed by atoms with Crippen LogP contribution in [0.15, 0.2) is 54.7 Å². The number of para-hydroxylation sites is 1. The summed E-state index contributed by atoms with van der Waals surface area (Å²) < 4.78 is 0. The number of carboxylic acids is 2. The van der Waals surface area contributed by atoms with Crippen LogP contribution < -0.4 is 21.7 Å². The Bertz CT molecular complexity index is 1350. The van der Waals surface area contributed by atoms with Crippen molar-refractivity contribution in [3.05, 3.63) is 65.9 Å². The minimum absolute atomic E-state index is 0.000648. The molecular weight excluding hydrogens is 510 g/mol. The predicted molar refractivity (Wildman–Crippen MR) is 139 cm³/mol. The SMILES string of the molecule is NC(Cc1c[nH]c2ccccc12)C(=O)NC(CC(=O)O)C(=O)NCC(=O)NC(Cc1ccc(O)cc1)C(=O)O. The molecule has 0 saturated carbocycles. The van der Waals surface area contributed by atoms with Gasteiger partial charge in [-0.15, -0.1) is 0 Å². The summed E-state index contributed by atoms with van der Waals surface area (Å²) in [5.41, 5.74) is 8.18. The van der Waals surface area contributed by atoms with E-state index in [-0.39, 0.29) is 18.6 Å². The minimum atomic E-state index is -1.52. The minimum Gasteiger partial charge on any atom is -0.508 e. The summed E-state index contributed by atoms with van der Waals surface area (Å²) in [6.45, 7) is -0.661. The van der Waals surface area contributed by atoms with E-state index < -0.39 is 60.8 Å². The number of hydrogen-bond donors (Lipinski definition) is 8. The fraction of sp³-hybridized carbons (Fsp3) is 0.269. The van der Waals surface area contributed by atoms with E-state index in [0.29, 0.717) is 5.56 Å². The second kappa shape index (κ2) is 13.1. The van der Waals surface area contributed by atoms with Crippen LogP contribution in [0.1, 0.15) is 17.5 Å². The van der Waals surface area contributed by atoms with Gasteiger partial charge in [0.1, 0.15) is 17.8 Å². The van der Waals surface area contributed by atoms with Crippen molar-refractivity contribution in [3.8, 4) is 5.75 Å². The van der Waals surface area contributed by atoms with Crippen molar-refractivity contribution in [3.63, 3.8) is 0 Å². The monoisotopic (exact) mass is 539 g/mol. The summed E-state index contributed by atoms with van der Waals surface area (Å²) in [6.07, 6.45) is 0.986. The number of nitrogens with two attached hydrogens (primary N) is 1. The number of benzene rings is 2. The molecule has 0 aliphatic heterocycles. The Hall–Kier alpha value is -4.91. The molecule has 0 bridgehead atoms. The molecule has 3 amide bonds. The van der Waals surface area contributed by atoms with E-state index in [1.54, 1.807) is 6.20 Å². The lowest BCUT2D eigenvalue weighted by atomic mass is 10.0. The summed E-state index contributed by atoms with van der Waals surface area (Å²) in [5.74, 6) is -5.24. The quantitative estimate of drug-likeness (QED) is 0.142. The molecule has 13 nitrogen and oxygen atoms in total. The number of carbonyl (C=O) groups excluding carboxylic acids is 3. The molecule has 3 atom stereocenters. The molecule has 13 heteroatoms. The van der Waals surface area contributed by atoms with Crippen molar-refractivity contribution < 1.29 is 39.3 Å². The molecule has 9 N–H and O–H groups in total. The number of fused-ring (bicyclic) bond motifs is 1. The highest BCUT2D eigenvalue weighted by atomic mass is 16.4. The molecule has 39 heavy (non-hydrogen) atoms. The number of aliphatic carboxylic acids is 2. The third-order valence-corrected chi connectivity index (χ3v) is 5.90. The van der Waals surface area contributed by atoms with E-state index in [2.05, 4.69) is 20.9 Å². The molecule has 0 fully saturated rings. The lowest BCUT2D eigenvalue weighted by molar-refractivity contribution is -0.142. The Morgan fingerprint density at radius 2 is 1.56 bits per heavy atom. The van der Waals surface area contributed by atoms with Gasteiger partial charge in [0, 0.05) is 23.5 Å². The van der Waals surface area contributed by atoms with Crippen molar-refractivity contribution in [2.75, 3.05) is 6.54 Å². The lowest BCUT2D eigenvalue weighted by Crippen LogP contribution is -2.54. The number of amides is 3. The first kappa shape index (κ1) is 28.7. The Morgan fingerprint density at radius 1 is 0.872 bits per heavy atom. The summed E-state index contributed by atoms with van der Waals surface area (Å²) in [4.78, 5) is 63.5. The van der Waals surface area contributed by atoms with Crippen LogP contribution in [0.3, 0.4) is 0 Å². The summed E-state index contributed by atoms with van der Waals surface area (Å²) in [5, 5.41) is 35.6. The molecule has 3 aromatic rings. The second-order valence-electron chi connectivity index (χ2n) is 8.88. The van der Waals surface area contributed by atoms with Crippen molar-refractivity contribution in [2.45, 2.75) is 37.4 Å². The largest absolute Gasteiger partial charge is 0.508 e. The normalized spacial score (nSPS) is 13.2. The van der Waals surface area contributed by atoms with Crippen molar-refractivity contribution in [1.82, 2.24) is 20.9 Å². The number of phenolic OH excluding ortho intramolecular Hbond substituents is 1. The van der Waals surface area contributed by atoms with Crippen molar-refractivity contribution >= 4 is 40.6 Å². The fourth-order valence-electron chi connectivity index (χ4n) is 3.90. The predicted octanol–water partition coefficient (Wildman–Crippen LogP) is -0.369. The van der Waals surface area contributed by atoms with Gasteiger partial charge in [0.2, 0.25) is 17.7 Å². The van der Waals surface area contributed by atoms with Gasteiger partial charge in [-0.05, 0) is 35.7 Å². The zero-order valence-corrected chi connectivity index (χ0v) is 20.7. The number of nitrogens with one attached hydrogen (secondary N) is 4. The highest BCUT2D eigenvalue weighted by Crippen LogP contribution is 2.19. The van der Waals surface area contributed by atoms with Crippen LogP contribution in [0, 0.1) is 0 Å². The van der Waals surface area contributed by atoms with Crippen LogP contribution in [-0.2, 0) is 36.8 Å². The van der Waals surface area contributed by atoms with Crippen LogP contribution in [0.2, 0.25) is 0 Å². The second-order valence-corrected chi connectivity index (χ2v) is 8.88. The number of carbonyl (C=O) groups is 5. The highest BCUT2D eigenvalue weighted by molar-refractivity contribution is 5.94. The number of aromatic amines is 1. The first-order valence-electron chi connectivity index (χ1n) is 11.9. The van der Waals surface area contributed by atoms with E-state index in [0.717, 1.165) is 16.5 Å². The van der Waals surface area contributed by atoms with Crippen LogP contribution in [0.4, 0.5) is 0 Å². The summed E-state index contributed by atoms with van der Waals surface area (Å²) in [7, 11) is 0. The maximum absolute atomic E-state index is 12.7. The molecule has 1 aromatic heterocycles. The third kappa shape index (κ3) is 8.30. The Kier molecular flexibility index (Phi) is 9.59. The van der Waals surface area contributed by atoms with Gasteiger partial charge >= 0.3 is 11.9 Å². The molecule has 2 aromatic carbocycles. The van der Waals surface area contributed by atoms with E-state index in [4.69, 9.17) is 5.73 Å².